The van der Waals surface area contributed by atoms with Crippen LogP contribution >= 0.6 is 0 Å². The second-order valence-electron chi connectivity index (χ2n) is 7.17. The number of hydrogen-bond donors (Lipinski definition) is 1. The molecule has 140 valence electrons. The standard InChI is InChI=1S/C19H26N4O3/c1-14-5-6-16(26-3)15(9-14)10-18(24)23-8-4-7-19(25,12-23)11-17-21-20-13-22(17)2/h5-6,9,13,25H,4,7-8,10-12H2,1-3H3. The second kappa shape index (κ2) is 7.45. The second-order valence-corrected chi connectivity index (χ2v) is 7.17. The van der Waals surface area contributed by atoms with Crippen molar-refractivity contribution >= 4 is 5.91 Å². The molecule has 3 rings (SSSR count). The van der Waals surface area contributed by atoms with Crippen LogP contribution in [0, 0.1) is 6.92 Å². The number of hydrogen-bond acceptors (Lipinski definition) is 5. The molecule has 1 saturated heterocycles. The molecule has 26 heavy (non-hydrogen) atoms. The smallest absolute Gasteiger partial charge is 0.227 e. The largest absolute Gasteiger partial charge is 0.496 e. The van der Waals surface area contributed by atoms with Crippen LogP contribution in [0.4, 0.5) is 0 Å². The van der Waals surface area contributed by atoms with Crippen LogP contribution in [0.25, 0.3) is 0 Å². The minimum atomic E-state index is -0.967. The normalized spacial score (nSPS) is 20.2. The zero-order valence-electron chi connectivity index (χ0n) is 15.6. The molecule has 0 spiro atoms. The fourth-order valence-corrected chi connectivity index (χ4v) is 3.55. The third-order valence-electron chi connectivity index (χ3n) is 4.98. The molecule has 0 saturated carbocycles. The molecule has 7 heteroatoms. The predicted molar refractivity (Wildman–Crippen MR) is 96.9 cm³/mol. The molecule has 7 nitrogen and oxygen atoms in total. The molecule has 1 aliphatic heterocycles. The van der Waals surface area contributed by atoms with Gasteiger partial charge in [0.2, 0.25) is 5.91 Å². The van der Waals surface area contributed by atoms with Crippen LogP contribution in [0.3, 0.4) is 0 Å². The van der Waals surface area contributed by atoms with Gasteiger partial charge in [0, 0.05) is 32.1 Å². The topological polar surface area (TPSA) is 80.5 Å². The molecular formula is C19H26N4O3. The molecule has 1 aromatic carbocycles. The number of carbonyl (C=O) groups excluding carboxylic acids is 1. The molecule has 1 atom stereocenters. The molecule has 0 radical (unpaired) electrons. The molecule has 0 bridgehead atoms. The highest BCUT2D eigenvalue weighted by atomic mass is 16.5. The first-order chi connectivity index (χ1) is 12.4. The highest BCUT2D eigenvalue weighted by Crippen LogP contribution is 2.26. The summed E-state index contributed by atoms with van der Waals surface area (Å²) in [6.07, 6.45) is 3.70. The summed E-state index contributed by atoms with van der Waals surface area (Å²) in [5, 5.41) is 18.9. The van der Waals surface area contributed by atoms with Gasteiger partial charge in [-0.2, -0.15) is 0 Å². The Labute approximate surface area is 153 Å². The van der Waals surface area contributed by atoms with Crippen molar-refractivity contribution in [1.29, 1.82) is 0 Å². The number of rotatable bonds is 5. The van der Waals surface area contributed by atoms with Crippen LogP contribution in [-0.4, -0.2) is 56.5 Å². The fourth-order valence-electron chi connectivity index (χ4n) is 3.55. The Kier molecular flexibility index (Phi) is 5.27. The van der Waals surface area contributed by atoms with Gasteiger partial charge in [0.25, 0.3) is 0 Å². The van der Waals surface area contributed by atoms with E-state index in [0.717, 1.165) is 29.1 Å². The maximum atomic E-state index is 12.8. The zero-order chi connectivity index (χ0) is 18.7. The maximum Gasteiger partial charge on any atom is 0.227 e. The molecular weight excluding hydrogens is 332 g/mol. The number of ether oxygens (including phenoxy) is 1. The van der Waals surface area contributed by atoms with Crippen LogP contribution in [-0.2, 0) is 24.7 Å². The average molecular weight is 358 g/mol. The Morgan fingerprint density at radius 3 is 2.92 bits per heavy atom. The summed E-state index contributed by atoms with van der Waals surface area (Å²) < 4.78 is 7.18. The number of amides is 1. The number of aryl methyl sites for hydroxylation is 2. The number of aliphatic hydroxyl groups is 1. The van der Waals surface area contributed by atoms with E-state index in [2.05, 4.69) is 10.2 Å². The zero-order valence-corrected chi connectivity index (χ0v) is 15.6. The van der Waals surface area contributed by atoms with E-state index in [4.69, 9.17) is 4.74 Å². The van der Waals surface area contributed by atoms with E-state index in [9.17, 15) is 9.90 Å². The van der Waals surface area contributed by atoms with E-state index in [1.54, 1.807) is 22.9 Å². The minimum Gasteiger partial charge on any atom is -0.496 e. The van der Waals surface area contributed by atoms with Crippen LogP contribution < -0.4 is 4.74 Å². The highest BCUT2D eigenvalue weighted by Gasteiger charge is 2.36. The summed E-state index contributed by atoms with van der Waals surface area (Å²) in [6, 6.07) is 5.83. The molecule has 1 fully saturated rings. The van der Waals surface area contributed by atoms with E-state index in [1.165, 1.54) is 0 Å². The maximum absolute atomic E-state index is 12.8. The molecule has 1 aromatic heterocycles. The van der Waals surface area contributed by atoms with Crippen molar-refractivity contribution in [1.82, 2.24) is 19.7 Å². The van der Waals surface area contributed by atoms with Gasteiger partial charge in [0.05, 0.1) is 19.1 Å². The Morgan fingerprint density at radius 1 is 1.42 bits per heavy atom. The summed E-state index contributed by atoms with van der Waals surface area (Å²) in [5.41, 5.74) is 0.997. The number of methoxy groups -OCH3 is 1. The Bertz CT molecular complexity index is 789. The van der Waals surface area contributed by atoms with E-state index < -0.39 is 5.60 Å². The fraction of sp³-hybridized carbons (Fsp3) is 0.526. The van der Waals surface area contributed by atoms with Gasteiger partial charge in [-0.05, 0) is 25.8 Å². The third-order valence-corrected chi connectivity index (χ3v) is 4.98. The Balaban J connectivity index is 1.70. The van der Waals surface area contributed by atoms with Gasteiger partial charge in [-0.15, -0.1) is 10.2 Å². The molecule has 1 aliphatic rings. The number of piperidine rings is 1. The molecule has 2 heterocycles. The SMILES string of the molecule is COc1ccc(C)cc1CC(=O)N1CCCC(O)(Cc2nncn2C)C1. The molecule has 2 aromatic rings. The van der Waals surface area contributed by atoms with Gasteiger partial charge in [-0.25, -0.2) is 0 Å². The lowest BCUT2D eigenvalue weighted by Gasteiger charge is -2.39. The van der Waals surface area contributed by atoms with Crippen molar-refractivity contribution in [3.63, 3.8) is 0 Å². The van der Waals surface area contributed by atoms with Crippen molar-refractivity contribution in [3.05, 3.63) is 41.5 Å². The lowest BCUT2D eigenvalue weighted by molar-refractivity contribution is -0.137. The monoisotopic (exact) mass is 358 g/mol. The minimum absolute atomic E-state index is 0.00462. The quantitative estimate of drug-likeness (QED) is 0.871. The van der Waals surface area contributed by atoms with Gasteiger partial charge < -0.3 is 19.3 Å². The highest BCUT2D eigenvalue weighted by molar-refractivity contribution is 5.79. The summed E-state index contributed by atoms with van der Waals surface area (Å²) >= 11 is 0. The molecule has 1 N–H and O–H groups in total. The first kappa shape index (κ1) is 18.4. The Hall–Kier alpha value is -2.41. The van der Waals surface area contributed by atoms with Crippen LogP contribution in [0.5, 0.6) is 5.75 Å². The third kappa shape index (κ3) is 4.04. The van der Waals surface area contributed by atoms with Gasteiger partial charge in [0.1, 0.15) is 17.9 Å². The van der Waals surface area contributed by atoms with Crippen molar-refractivity contribution in [2.75, 3.05) is 20.2 Å². The lowest BCUT2D eigenvalue weighted by Crippen LogP contribution is -2.52. The van der Waals surface area contributed by atoms with E-state index in [0.29, 0.717) is 25.9 Å². The van der Waals surface area contributed by atoms with Gasteiger partial charge in [-0.3, -0.25) is 4.79 Å². The van der Waals surface area contributed by atoms with Gasteiger partial charge in [0.15, 0.2) is 0 Å². The van der Waals surface area contributed by atoms with Crippen molar-refractivity contribution < 1.29 is 14.6 Å². The number of nitrogens with zero attached hydrogens (tertiary/aromatic N) is 4. The number of likely N-dealkylation sites (tertiary alicyclic amines) is 1. The average Bonchev–Trinajstić information content (AvgIpc) is 2.99. The van der Waals surface area contributed by atoms with Crippen LogP contribution in [0.15, 0.2) is 24.5 Å². The van der Waals surface area contributed by atoms with E-state index >= 15 is 0 Å². The Morgan fingerprint density at radius 2 is 2.23 bits per heavy atom. The summed E-state index contributed by atoms with van der Waals surface area (Å²) in [7, 11) is 3.47. The number of aromatic nitrogens is 3. The van der Waals surface area contributed by atoms with Gasteiger partial charge in [-0.1, -0.05) is 17.7 Å². The number of benzene rings is 1. The summed E-state index contributed by atoms with van der Waals surface area (Å²) in [6.45, 7) is 2.97. The molecule has 0 aliphatic carbocycles. The number of β-amino-alcohol motifs (C(OH)–C–C–N with tert-alkyl or cyclic N) is 1. The van der Waals surface area contributed by atoms with Crippen LogP contribution in [0.1, 0.15) is 29.8 Å². The first-order valence-electron chi connectivity index (χ1n) is 8.87. The van der Waals surface area contributed by atoms with Crippen LogP contribution in [0.2, 0.25) is 0 Å². The lowest BCUT2D eigenvalue weighted by atomic mass is 9.89. The van der Waals surface area contributed by atoms with Crippen molar-refractivity contribution in [3.8, 4) is 5.75 Å². The van der Waals surface area contributed by atoms with Crippen molar-refractivity contribution in [2.24, 2.45) is 7.05 Å². The predicted octanol–water partition coefficient (Wildman–Crippen LogP) is 1.27. The van der Waals surface area contributed by atoms with E-state index in [1.807, 2.05) is 32.2 Å². The first-order valence-corrected chi connectivity index (χ1v) is 8.87. The van der Waals surface area contributed by atoms with E-state index in [-0.39, 0.29) is 12.3 Å². The molecule has 1 amide bonds. The van der Waals surface area contributed by atoms with Crippen molar-refractivity contribution in [2.45, 2.75) is 38.2 Å². The summed E-state index contributed by atoms with van der Waals surface area (Å²) in [4.78, 5) is 14.6. The molecule has 1 unspecified atom stereocenters. The van der Waals surface area contributed by atoms with Gasteiger partial charge >= 0.3 is 0 Å². The summed E-state index contributed by atoms with van der Waals surface area (Å²) in [5.74, 6) is 1.45. The number of carbonyl (C=O) groups is 1.